The van der Waals surface area contributed by atoms with Gasteiger partial charge < -0.3 is 0 Å². The molecule has 1 aromatic rings. The fourth-order valence-electron chi connectivity index (χ4n) is 3.50. The average molecular weight is 284 g/mol. The maximum atomic E-state index is 13.2. The van der Waals surface area contributed by atoms with Gasteiger partial charge in [0.15, 0.2) is 0 Å². The molecule has 0 bridgehead atoms. The molecule has 0 fully saturated rings. The van der Waals surface area contributed by atoms with Gasteiger partial charge in [-0.05, 0) is 65.8 Å². The van der Waals surface area contributed by atoms with Gasteiger partial charge >= 0.3 is 6.18 Å². The molecule has 0 aromatic heterocycles. The highest BCUT2D eigenvalue weighted by Crippen LogP contribution is 2.49. The van der Waals surface area contributed by atoms with Gasteiger partial charge in [-0.3, -0.25) is 0 Å². The van der Waals surface area contributed by atoms with Crippen molar-refractivity contribution in [2.75, 3.05) is 0 Å². The highest BCUT2D eigenvalue weighted by molar-refractivity contribution is 5.53. The van der Waals surface area contributed by atoms with E-state index in [1.807, 2.05) is 6.92 Å². The summed E-state index contributed by atoms with van der Waals surface area (Å²) in [4.78, 5) is 0. The van der Waals surface area contributed by atoms with Crippen LogP contribution in [0.3, 0.4) is 0 Å². The summed E-state index contributed by atoms with van der Waals surface area (Å²) in [6, 6.07) is 1.40. The van der Waals surface area contributed by atoms with Crippen LogP contribution in [0.5, 0.6) is 0 Å². The smallest absolute Gasteiger partial charge is 0.166 e. The maximum Gasteiger partial charge on any atom is 0.416 e. The van der Waals surface area contributed by atoms with Crippen molar-refractivity contribution in [2.24, 2.45) is 0 Å². The lowest BCUT2D eigenvalue weighted by Gasteiger charge is -2.43. The second-order valence-corrected chi connectivity index (χ2v) is 7.36. The molecule has 0 aliphatic heterocycles. The Morgan fingerprint density at radius 1 is 0.900 bits per heavy atom. The molecule has 0 atom stereocenters. The summed E-state index contributed by atoms with van der Waals surface area (Å²) in [5.74, 6) is 0. The molecule has 3 heteroatoms. The van der Waals surface area contributed by atoms with Gasteiger partial charge in [0.25, 0.3) is 0 Å². The van der Waals surface area contributed by atoms with Gasteiger partial charge in [0, 0.05) is 0 Å². The summed E-state index contributed by atoms with van der Waals surface area (Å²) in [6.45, 7) is 11.8. The molecule has 1 aromatic carbocycles. The molecule has 0 amide bonds. The SMILES string of the molecule is Cc1c(C(F)(F)F)cc2c(c1C)C(C)(C)CCC2(C)C. The van der Waals surface area contributed by atoms with Crippen LogP contribution in [-0.2, 0) is 17.0 Å². The minimum atomic E-state index is -4.28. The van der Waals surface area contributed by atoms with Crippen LogP contribution < -0.4 is 0 Å². The van der Waals surface area contributed by atoms with Crippen LogP contribution in [0.25, 0.3) is 0 Å². The lowest BCUT2D eigenvalue weighted by atomic mass is 9.61. The lowest BCUT2D eigenvalue weighted by molar-refractivity contribution is -0.138. The van der Waals surface area contributed by atoms with Crippen molar-refractivity contribution in [1.29, 1.82) is 0 Å². The Hall–Kier alpha value is -0.990. The molecule has 0 heterocycles. The summed E-state index contributed by atoms with van der Waals surface area (Å²) >= 11 is 0. The molecule has 0 N–H and O–H groups in total. The Morgan fingerprint density at radius 3 is 1.90 bits per heavy atom. The summed E-state index contributed by atoms with van der Waals surface area (Å²) in [6.07, 6.45) is -2.34. The number of alkyl halides is 3. The zero-order chi connectivity index (χ0) is 15.5. The number of halogens is 3. The zero-order valence-electron chi connectivity index (χ0n) is 13.1. The highest BCUT2D eigenvalue weighted by Gasteiger charge is 2.42. The van der Waals surface area contributed by atoms with Gasteiger partial charge in [0.05, 0.1) is 5.56 Å². The first kappa shape index (κ1) is 15.4. The predicted octanol–water partition coefficient (Wildman–Crippen LogP) is 5.67. The van der Waals surface area contributed by atoms with Crippen molar-refractivity contribution < 1.29 is 13.2 Å². The number of hydrogen-bond acceptors (Lipinski definition) is 0. The quantitative estimate of drug-likeness (QED) is 0.575. The van der Waals surface area contributed by atoms with E-state index in [1.165, 1.54) is 6.07 Å². The summed E-state index contributed by atoms with van der Waals surface area (Å²) in [7, 11) is 0. The van der Waals surface area contributed by atoms with E-state index < -0.39 is 11.7 Å². The molecular formula is C17H23F3. The minimum Gasteiger partial charge on any atom is -0.166 e. The maximum absolute atomic E-state index is 13.2. The normalized spacial score (nSPS) is 20.6. The number of hydrogen-bond donors (Lipinski definition) is 0. The molecule has 0 unspecified atom stereocenters. The van der Waals surface area contributed by atoms with Gasteiger partial charge in [-0.2, -0.15) is 13.2 Å². The Kier molecular flexibility index (Phi) is 3.27. The summed E-state index contributed by atoms with van der Waals surface area (Å²) < 4.78 is 39.7. The standard InChI is InChI=1S/C17H23F3/c1-10-11(2)14-13(9-12(10)17(18,19)20)15(3,4)7-8-16(14,5)6/h9H,7-8H2,1-6H3. The average Bonchev–Trinajstić information content (AvgIpc) is 2.26. The van der Waals surface area contributed by atoms with Crippen molar-refractivity contribution in [2.45, 2.75) is 71.4 Å². The first-order chi connectivity index (χ1) is 8.88. The minimum absolute atomic E-state index is 0.0518. The van der Waals surface area contributed by atoms with Crippen molar-refractivity contribution >= 4 is 0 Å². The van der Waals surface area contributed by atoms with E-state index in [9.17, 15) is 13.2 Å². The van der Waals surface area contributed by atoms with Crippen LogP contribution >= 0.6 is 0 Å². The number of rotatable bonds is 0. The van der Waals surface area contributed by atoms with Gasteiger partial charge in [0.1, 0.15) is 0 Å². The number of benzene rings is 1. The fraction of sp³-hybridized carbons (Fsp3) is 0.647. The third-order valence-corrected chi connectivity index (χ3v) is 4.99. The van der Waals surface area contributed by atoms with Crippen LogP contribution in [0.1, 0.15) is 68.4 Å². The highest BCUT2D eigenvalue weighted by atomic mass is 19.4. The monoisotopic (exact) mass is 284 g/mol. The molecule has 0 saturated heterocycles. The molecule has 1 aliphatic carbocycles. The van der Waals surface area contributed by atoms with Crippen LogP contribution in [0.2, 0.25) is 0 Å². The van der Waals surface area contributed by atoms with Crippen molar-refractivity contribution in [3.63, 3.8) is 0 Å². The molecule has 0 nitrogen and oxygen atoms in total. The zero-order valence-corrected chi connectivity index (χ0v) is 13.1. The van der Waals surface area contributed by atoms with Gasteiger partial charge in [-0.25, -0.2) is 0 Å². The Labute approximate surface area is 119 Å². The second-order valence-electron chi connectivity index (χ2n) is 7.36. The van der Waals surface area contributed by atoms with E-state index in [0.717, 1.165) is 29.5 Å². The van der Waals surface area contributed by atoms with Crippen LogP contribution in [0, 0.1) is 13.8 Å². The molecule has 0 saturated carbocycles. The fourth-order valence-corrected chi connectivity index (χ4v) is 3.50. The summed E-state index contributed by atoms with van der Waals surface area (Å²) in [5.41, 5.74) is 2.48. The van der Waals surface area contributed by atoms with E-state index in [4.69, 9.17) is 0 Å². The molecule has 112 valence electrons. The molecule has 20 heavy (non-hydrogen) atoms. The van der Waals surface area contributed by atoms with Crippen LogP contribution in [0.4, 0.5) is 13.2 Å². The van der Waals surface area contributed by atoms with Crippen LogP contribution in [-0.4, -0.2) is 0 Å². The van der Waals surface area contributed by atoms with Gasteiger partial charge in [-0.15, -0.1) is 0 Å². The second kappa shape index (κ2) is 4.25. The van der Waals surface area contributed by atoms with Crippen molar-refractivity contribution in [1.82, 2.24) is 0 Å². The first-order valence-corrected chi connectivity index (χ1v) is 7.10. The molecular weight excluding hydrogens is 261 g/mol. The number of fused-ring (bicyclic) bond motifs is 1. The van der Waals surface area contributed by atoms with Crippen molar-refractivity contribution in [3.05, 3.63) is 33.9 Å². The Balaban J connectivity index is 2.84. The molecule has 1 aliphatic rings. The van der Waals surface area contributed by atoms with Gasteiger partial charge in [-0.1, -0.05) is 27.7 Å². The van der Waals surface area contributed by atoms with E-state index in [1.54, 1.807) is 6.92 Å². The topological polar surface area (TPSA) is 0 Å². The third-order valence-electron chi connectivity index (χ3n) is 4.99. The largest absolute Gasteiger partial charge is 0.416 e. The Morgan fingerprint density at radius 2 is 1.40 bits per heavy atom. The van der Waals surface area contributed by atoms with E-state index in [0.29, 0.717) is 5.56 Å². The van der Waals surface area contributed by atoms with E-state index in [-0.39, 0.29) is 10.8 Å². The lowest BCUT2D eigenvalue weighted by Crippen LogP contribution is -2.35. The molecule has 0 radical (unpaired) electrons. The van der Waals surface area contributed by atoms with Gasteiger partial charge in [0.2, 0.25) is 0 Å². The predicted molar refractivity (Wildman–Crippen MR) is 76.2 cm³/mol. The van der Waals surface area contributed by atoms with E-state index >= 15 is 0 Å². The van der Waals surface area contributed by atoms with E-state index in [2.05, 4.69) is 27.7 Å². The molecule has 0 spiro atoms. The third kappa shape index (κ3) is 2.25. The first-order valence-electron chi connectivity index (χ1n) is 7.10. The Bertz CT molecular complexity index is 548. The molecule has 2 rings (SSSR count). The summed E-state index contributed by atoms with van der Waals surface area (Å²) in [5, 5.41) is 0. The van der Waals surface area contributed by atoms with Crippen LogP contribution in [0.15, 0.2) is 6.07 Å². The van der Waals surface area contributed by atoms with Crippen molar-refractivity contribution in [3.8, 4) is 0 Å².